The molecule has 1 nitrogen and oxygen atoms in total. The van der Waals surface area contributed by atoms with Crippen molar-refractivity contribution >= 4 is 11.6 Å². The highest BCUT2D eigenvalue weighted by Crippen LogP contribution is 2.29. The number of hydrogen-bond acceptors (Lipinski definition) is 1. The lowest BCUT2D eigenvalue weighted by molar-refractivity contribution is 0.483. The van der Waals surface area contributed by atoms with E-state index < -0.39 is 0 Å². The van der Waals surface area contributed by atoms with Crippen molar-refractivity contribution in [3.63, 3.8) is 0 Å². The summed E-state index contributed by atoms with van der Waals surface area (Å²) in [4.78, 5) is 0. The summed E-state index contributed by atoms with van der Waals surface area (Å²) in [6.45, 7) is 0. The van der Waals surface area contributed by atoms with Gasteiger partial charge in [-0.2, -0.15) is 0 Å². The molecule has 0 heterocycles. The zero-order valence-corrected chi connectivity index (χ0v) is 14.8. The summed E-state index contributed by atoms with van der Waals surface area (Å²) in [7, 11) is 0. The number of rotatable bonds is 4. The first-order valence-corrected chi connectivity index (χ1v) is 8.77. The maximum Gasteiger partial charge on any atom is 0.128 e. The fourth-order valence-corrected chi connectivity index (χ4v) is 3.01. The molecule has 4 rings (SSSR count). The van der Waals surface area contributed by atoms with Gasteiger partial charge in [0.15, 0.2) is 0 Å². The van der Waals surface area contributed by atoms with Gasteiger partial charge in [-0.05, 0) is 64.7 Å². The minimum Gasteiger partial charge on any atom is -0.457 e. The van der Waals surface area contributed by atoms with E-state index in [0.717, 1.165) is 38.8 Å². The lowest BCUT2D eigenvalue weighted by atomic mass is 10.1. The minimum absolute atomic E-state index is 0.724. The third-order valence-corrected chi connectivity index (χ3v) is 4.34. The molecule has 0 bridgehead atoms. The Labute approximate surface area is 158 Å². The van der Waals surface area contributed by atoms with Crippen LogP contribution >= 0.6 is 11.6 Å². The summed E-state index contributed by atoms with van der Waals surface area (Å²) in [5.41, 5.74) is 4.33. The predicted octanol–water partition coefficient (Wildman–Crippen LogP) is 7.27. The molecular weight excluding hydrogens is 340 g/mol. The third-order valence-electron chi connectivity index (χ3n) is 4.10. The summed E-state index contributed by atoms with van der Waals surface area (Å²) in [5, 5.41) is 0.724. The second-order valence-electron chi connectivity index (χ2n) is 5.94. The topological polar surface area (TPSA) is 9.23 Å². The molecule has 0 amide bonds. The van der Waals surface area contributed by atoms with Crippen molar-refractivity contribution < 1.29 is 4.74 Å². The Balaban J connectivity index is 1.55. The van der Waals surface area contributed by atoms with Crippen LogP contribution in [-0.4, -0.2) is 0 Å². The molecule has 0 aliphatic rings. The minimum atomic E-state index is 0.724. The standard InChI is InChI=1S/C24H16ClO/c25-22-10-4-8-20(16-22)21-9-5-11-24(17-21)26-23-14-12-19(13-15-23)18-6-2-1-3-7-18/h1-6,8-17H. The van der Waals surface area contributed by atoms with Gasteiger partial charge in [0.25, 0.3) is 0 Å². The molecule has 0 aromatic heterocycles. The molecule has 0 spiro atoms. The Kier molecular flexibility index (Phi) is 4.72. The SMILES string of the molecule is Clc1cccc(-c2cccc(Oc3ccc(-c4[c]cccc4)cc3)c2)c1. The van der Waals surface area contributed by atoms with Crippen LogP contribution < -0.4 is 4.74 Å². The summed E-state index contributed by atoms with van der Waals surface area (Å²) in [5.74, 6) is 1.59. The molecule has 2 heteroatoms. The maximum atomic E-state index is 6.10. The second kappa shape index (κ2) is 7.47. The zero-order chi connectivity index (χ0) is 17.8. The molecule has 0 saturated heterocycles. The van der Waals surface area contributed by atoms with Crippen LogP contribution in [0.2, 0.25) is 5.02 Å². The van der Waals surface area contributed by atoms with Crippen molar-refractivity contribution in [2.24, 2.45) is 0 Å². The van der Waals surface area contributed by atoms with Crippen molar-refractivity contribution in [3.05, 3.63) is 108 Å². The van der Waals surface area contributed by atoms with E-state index in [1.54, 1.807) is 0 Å². The van der Waals surface area contributed by atoms with Crippen molar-refractivity contribution in [3.8, 4) is 33.8 Å². The van der Waals surface area contributed by atoms with Gasteiger partial charge in [0, 0.05) is 5.02 Å². The van der Waals surface area contributed by atoms with Crippen LogP contribution in [0.4, 0.5) is 0 Å². The highest BCUT2D eigenvalue weighted by molar-refractivity contribution is 6.30. The van der Waals surface area contributed by atoms with Gasteiger partial charge in [0.2, 0.25) is 0 Å². The Morgan fingerprint density at radius 2 is 1.38 bits per heavy atom. The Hall–Kier alpha value is -3.03. The number of benzene rings is 4. The first-order valence-electron chi connectivity index (χ1n) is 8.39. The van der Waals surface area contributed by atoms with Crippen LogP contribution in [0.5, 0.6) is 11.5 Å². The molecule has 0 saturated carbocycles. The monoisotopic (exact) mass is 355 g/mol. The Morgan fingerprint density at radius 3 is 2.12 bits per heavy atom. The quantitative estimate of drug-likeness (QED) is 0.374. The molecule has 0 aliphatic carbocycles. The van der Waals surface area contributed by atoms with Crippen molar-refractivity contribution in [1.82, 2.24) is 0 Å². The van der Waals surface area contributed by atoms with Crippen LogP contribution in [0, 0.1) is 6.07 Å². The van der Waals surface area contributed by atoms with E-state index in [1.807, 2.05) is 97.1 Å². The van der Waals surface area contributed by atoms with Gasteiger partial charge in [-0.15, -0.1) is 0 Å². The molecule has 0 atom stereocenters. The Bertz CT molecular complexity index is 1010. The van der Waals surface area contributed by atoms with Gasteiger partial charge < -0.3 is 4.74 Å². The van der Waals surface area contributed by atoms with E-state index >= 15 is 0 Å². The molecule has 4 aromatic carbocycles. The van der Waals surface area contributed by atoms with Crippen molar-refractivity contribution in [2.45, 2.75) is 0 Å². The van der Waals surface area contributed by atoms with E-state index in [2.05, 4.69) is 6.07 Å². The second-order valence-corrected chi connectivity index (χ2v) is 6.38. The van der Waals surface area contributed by atoms with E-state index in [9.17, 15) is 0 Å². The van der Waals surface area contributed by atoms with Gasteiger partial charge in [0.05, 0.1) is 0 Å². The first-order chi connectivity index (χ1) is 12.8. The van der Waals surface area contributed by atoms with Crippen LogP contribution in [-0.2, 0) is 0 Å². The summed E-state index contributed by atoms with van der Waals surface area (Å²) in [6.07, 6.45) is 0. The van der Waals surface area contributed by atoms with Crippen LogP contribution in [0.25, 0.3) is 22.3 Å². The average molecular weight is 356 g/mol. The summed E-state index contributed by atoms with van der Waals surface area (Å²) in [6, 6.07) is 35.0. The molecule has 4 aromatic rings. The van der Waals surface area contributed by atoms with Gasteiger partial charge in [-0.1, -0.05) is 72.3 Å². The van der Waals surface area contributed by atoms with Crippen LogP contribution in [0.3, 0.4) is 0 Å². The van der Waals surface area contributed by atoms with E-state index in [4.69, 9.17) is 16.3 Å². The zero-order valence-electron chi connectivity index (χ0n) is 14.0. The molecule has 0 N–H and O–H groups in total. The number of ether oxygens (including phenoxy) is 1. The van der Waals surface area contributed by atoms with Crippen molar-refractivity contribution in [2.75, 3.05) is 0 Å². The number of hydrogen-bond donors (Lipinski definition) is 0. The lowest BCUT2D eigenvalue weighted by Crippen LogP contribution is -1.86. The molecule has 125 valence electrons. The Morgan fingerprint density at radius 1 is 0.615 bits per heavy atom. The van der Waals surface area contributed by atoms with E-state index in [1.165, 1.54) is 0 Å². The first kappa shape index (κ1) is 16.4. The van der Waals surface area contributed by atoms with Gasteiger partial charge in [-0.25, -0.2) is 0 Å². The predicted molar refractivity (Wildman–Crippen MR) is 108 cm³/mol. The molecule has 0 aliphatic heterocycles. The van der Waals surface area contributed by atoms with Gasteiger partial charge in [-0.3, -0.25) is 0 Å². The smallest absolute Gasteiger partial charge is 0.128 e. The normalized spacial score (nSPS) is 10.5. The largest absolute Gasteiger partial charge is 0.457 e. The maximum absolute atomic E-state index is 6.10. The van der Waals surface area contributed by atoms with Gasteiger partial charge >= 0.3 is 0 Å². The van der Waals surface area contributed by atoms with Crippen LogP contribution in [0.1, 0.15) is 0 Å². The highest BCUT2D eigenvalue weighted by atomic mass is 35.5. The highest BCUT2D eigenvalue weighted by Gasteiger charge is 2.03. The number of halogens is 1. The van der Waals surface area contributed by atoms with E-state index in [0.29, 0.717) is 0 Å². The average Bonchev–Trinajstić information content (AvgIpc) is 2.69. The molecular formula is C24H16ClO. The summed E-state index contributed by atoms with van der Waals surface area (Å²) < 4.78 is 6.02. The third kappa shape index (κ3) is 3.79. The van der Waals surface area contributed by atoms with Gasteiger partial charge in [0.1, 0.15) is 11.5 Å². The fraction of sp³-hybridized carbons (Fsp3) is 0. The van der Waals surface area contributed by atoms with Crippen LogP contribution in [0.15, 0.2) is 97.1 Å². The molecule has 1 radical (unpaired) electrons. The molecule has 26 heavy (non-hydrogen) atoms. The summed E-state index contributed by atoms with van der Waals surface area (Å²) >= 11 is 6.10. The van der Waals surface area contributed by atoms with E-state index in [-0.39, 0.29) is 0 Å². The van der Waals surface area contributed by atoms with Crippen molar-refractivity contribution in [1.29, 1.82) is 0 Å². The molecule has 0 fully saturated rings. The lowest BCUT2D eigenvalue weighted by Gasteiger charge is -2.09. The molecule has 0 unspecified atom stereocenters. The fourth-order valence-electron chi connectivity index (χ4n) is 2.82.